The van der Waals surface area contributed by atoms with Crippen LogP contribution in [0.5, 0.6) is 0 Å². The van der Waals surface area contributed by atoms with Gasteiger partial charge in [-0.05, 0) is 49.4 Å². The number of rotatable bonds is 8. The number of carbonyl (C=O) groups is 1. The van der Waals surface area contributed by atoms with E-state index < -0.39 is 6.03 Å². The van der Waals surface area contributed by atoms with Crippen LogP contribution in [0.3, 0.4) is 0 Å². The van der Waals surface area contributed by atoms with Crippen LogP contribution in [-0.4, -0.2) is 35.0 Å². The van der Waals surface area contributed by atoms with E-state index in [4.69, 9.17) is 11.1 Å². The molecule has 1 aromatic carbocycles. The summed E-state index contributed by atoms with van der Waals surface area (Å²) in [4.78, 5) is 24.8. The number of pyridine rings is 2. The van der Waals surface area contributed by atoms with E-state index in [1.54, 1.807) is 12.3 Å². The van der Waals surface area contributed by atoms with Gasteiger partial charge in [-0.1, -0.05) is 0 Å². The van der Waals surface area contributed by atoms with Crippen LogP contribution in [0.15, 0.2) is 71.6 Å². The molecule has 0 radical (unpaired) electrons. The summed E-state index contributed by atoms with van der Waals surface area (Å²) in [6, 6.07) is 10.4. The lowest BCUT2D eigenvalue weighted by molar-refractivity contribution is 0.253. The average molecular weight is 446 g/mol. The van der Waals surface area contributed by atoms with Gasteiger partial charge in [0, 0.05) is 53.9 Å². The van der Waals surface area contributed by atoms with Gasteiger partial charge in [0.15, 0.2) is 0 Å². The molecule has 0 atom stereocenters. The lowest BCUT2D eigenvalue weighted by Crippen LogP contribution is -2.31. The van der Waals surface area contributed by atoms with E-state index in [1.165, 1.54) is 49.1 Å². The van der Waals surface area contributed by atoms with Crippen molar-refractivity contribution in [1.82, 2.24) is 15.3 Å². The predicted molar refractivity (Wildman–Crippen MR) is 128 cm³/mol. The molecular weight excluding hydrogens is 423 g/mol. The Balaban J connectivity index is 1.57. The topological polar surface area (TPSA) is 141 Å². The number of nitrogens with two attached hydrogens (primary N) is 1. The summed E-state index contributed by atoms with van der Waals surface area (Å²) in [5.74, 6) is -0.0707. The van der Waals surface area contributed by atoms with Gasteiger partial charge in [0.2, 0.25) is 0 Å². The Kier molecular flexibility index (Phi) is 7.79. The number of urea groups is 1. The zero-order chi connectivity index (χ0) is 23.6. The minimum Gasteiger partial charge on any atom is -0.404 e. The number of aliphatic imine (C=N–C) groups is 1. The third-order valence-corrected chi connectivity index (χ3v) is 4.38. The first-order valence-corrected chi connectivity index (χ1v) is 9.92. The summed E-state index contributed by atoms with van der Waals surface area (Å²) in [6.07, 6.45) is 7.19. The summed E-state index contributed by atoms with van der Waals surface area (Å²) in [5, 5.41) is 16.1. The van der Waals surface area contributed by atoms with Crippen LogP contribution in [-0.2, 0) is 0 Å². The fraction of sp³-hybridized carbons (Fsp3) is 0.0870. The average Bonchev–Trinajstić information content (AvgIpc) is 2.81. The summed E-state index contributed by atoms with van der Waals surface area (Å²) in [6.45, 7) is 2.00. The zero-order valence-electron chi connectivity index (χ0n) is 17.8. The molecule has 3 rings (SSSR count). The van der Waals surface area contributed by atoms with E-state index in [0.29, 0.717) is 22.5 Å². The van der Waals surface area contributed by atoms with Crippen LogP contribution in [0, 0.1) is 18.2 Å². The number of amides is 2. The smallest absolute Gasteiger partial charge is 0.320 e. The quantitative estimate of drug-likeness (QED) is 0.332. The van der Waals surface area contributed by atoms with Crippen LogP contribution in [0.25, 0.3) is 0 Å². The third kappa shape index (κ3) is 6.96. The van der Waals surface area contributed by atoms with E-state index in [0.717, 1.165) is 11.4 Å². The second-order valence-electron chi connectivity index (χ2n) is 6.90. The molecule has 3 aromatic rings. The molecule has 6 N–H and O–H groups in total. The second kappa shape index (κ2) is 11.1. The zero-order valence-corrected chi connectivity index (χ0v) is 17.8. The first-order valence-electron chi connectivity index (χ1n) is 9.92. The van der Waals surface area contributed by atoms with Gasteiger partial charge in [-0.25, -0.2) is 14.2 Å². The highest BCUT2D eigenvalue weighted by Crippen LogP contribution is 2.21. The summed E-state index contributed by atoms with van der Waals surface area (Å²) in [7, 11) is 0. The fourth-order valence-corrected chi connectivity index (χ4v) is 2.72. The number of anilines is 3. The van der Waals surface area contributed by atoms with Crippen molar-refractivity contribution in [2.75, 3.05) is 17.2 Å². The number of aromatic nitrogens is 2. The highest BCUT2D eigenvalue weighted by Gasteiger charge is 2.08. The SMILES string of the molecule is Cc1cc(Nc2cnc(NC(=O)NCC(C=Nc3ccc(F)cc3)=CN)cc2C=N)ccn1. The maximum atomic E-state index is 13.0. The molecule has 2 amide bonds. The molecule has 0 aliphatic rings. The van der Waals surface area contributed by atoms with E-state index in [-0.39, 0.29) is 18.2 Å². The number of hydrogen-bond donors (Lipinski definition) is 5. The Morgan fingerprint density at radius 2 is 2.00 bits per heavy atom. The number of nitrogens with zero attached hydrogens (tertiary/aromatic N) is 3. The molecule has 0 saturated carbocycles. The Labute approximate surface area is 190 Å². The number of nitrogens with one attached hydrogen (secondary N) is 4. The second-order valence-corrected chi connectivity index (χ2v) is 6.90. The monoisotopic (exact) mass is 446 g/mol. The molecule has 10 heteroatoms. The van der Waals surface area contributed by atoms with Crippen molar-refractivity contribution in [3.8, 4) is 0 Å². The maximum absolute atomic E-state index is 13.0. The Bertz CT molecular complexity index is 1190. The van der Waals surface area contributed by atoms with Crippen molar-refractivity contribution in [3.63, 3.8) is 0 Å². The lowest BCUT2D eigenvalue weighted by atomic mass is 10.2. The Hall–Kier alpha value is -4.60. The Morgan fingerprint density at radius 3 is 2.70 bits per heavy atom. The van der Waals surface area contributed by atoms with Gasteiger partial charge in [-0.15, -0.1) is 0 Å². The highest BCUT2D eigenvalue weighted by molar-refractivity contribution is 5.93. The van der Waals surface area contributed by atoms with E-state index in [9.17, 15) is 9.18 Å². The van der Waals surface area contributed by atoms with Crippen molar-refractivity contribution >= 4 is 41.3 Å². The predicted octanol–water partition coefficient (Wildman–Crippen LogP) is 4.03. The van der Waals surface area contributed by atoms with E-state index in [2.05, 4.69) is 30.9 Å². The van der Waals surface area contributed by atoms with Gasteiger partial charge in [-0.2, -0.15) is 0 Å². The Morgan fingerprint density at radius 1 is 1.21 bits per heavy atom. The fourth-order valence-electron chi connectivity index (χ4n) is 2.72. The van der Waals surface area contributed by atoms with Crippen LogP contribution < -0.4 is 21.7 Å². The van der Waals surface area contributed by atoms with Gasteiger partial charge in [0.1, 0.15) is 11.6 Å². The minimum absolute atomic E-state index is 0.117. The van der Waals surface area contributed by atoms with Crippen LogP contribution in [0.4, 0.5) is 32.1 Å². The summed E-state index contributed by atoms with van der Waals surface area (Å²) in [5.41, 5.74) is 9.53. The van der Waals surface area contributed by atoms with Gasteiger partial charge >= 0.3 is 6.03 Å². The standard InChI is InChI=1S/C23H23FN8O/c1-15-8-20(6-7-27-15)31-21-14-29-22(9-17(21)11-26)32-23(33)30-13-16(10-25)12-28-19-4-2-18(24)3-5-19/h2-12,14,26H,13,25H2,1H3,(H,27,31)(H2,29,30,32,33). The number of hydrogen-bond acceptors (Lipinski definition) is 7. The third-order valence-electron chi connectivity index (χ3n) is 4.38. The van der Waals surface area contributed by atoms with Gasteiger partial charge in [-0.3, -0.25) is 15.3 Å². The molecule has 2 aromatic heterocycles. The van der Waals surface area contributed by atoms with Crippen molar-refractivity contribution in [3.05, 3.63) is 83.7 Å². The summed E-state index contributed by atoms with van der Waals surface area (Å²) >= 11 is 0. The number of carbonyl (C=O) groups excluding carboxylic acids is 1. The largest absolute Gasteiger partial charge is 0.404 e. The minimum atomic E-state index is -0.501. The first kappa shape index (κ1) is 23.1. The molecule has 168 valence electrons. The molecule has 0 spiro atoms. The lowest BCUT2D eigenvalue weighted by Gasteiger charge is -2.12. The number of halogens is 1. The molecule has 0 fully saturated rings. The van der Waals surface area contributed by atoms with Crippen molar-refractivity contribution in [1.29, 1.82) is 5.41 Å². The first-order chi connectivity index (χ1) is 16.0. The number of aryl methyl sites for hydroxylation is 1. The molecule has 0 unspecified atom stereocenters. The van der Waals surface area contributed by atoms with Crippen LogP contribution >= 0.6 is 0 Å². The molecular formula is C23H23FN8O. The highest BCUT2D eigenvalue weighted by atomic mass is 19.1. The molecule has 2 heterocycles. The molecule has 0 bridgehead atoms. The van der Waals surface area contributed by atoms with Crippen LogP contribution in [0.1, 0.15) is 11.3 Å². The van der Waals surface area contributed by atoms with Gasteiger partial charge in [0.25, 0.3) is 0 Å². The molecule has 9 nitrogen and oxygen atoms in total. The molecule has 0 saturated heterocycles. The maximum Gasteiger partial charge on any atom is 0.320 e. The normalized spacial score (nSPS) is 11.3. The van der Waals surface area contributed by atoms with Crippen molar-refractivity contribution in [2.24, 2.45) is 10.7 Å². The summed E-state index contributed by atoms with van der Waals surface area (Å²) < 4.78 is 13.0. The van der Waals surface area contributed by atoms with E-state index in [1.807, 2.05) is 19.1 Å². The molecule has 0 aliphatic carbocycles. The van der Waals surface area contributed by atoms with Crippen molar-refractivity contribution < 1.29 is 9.18 Å². The number of benzene rings is 1. The van der Waals surface area contributed by atoms with Crippen LogP contribution in [0.2, 0.25) is 0 Å². The van der Waals surface area contributed by atoms with Gasteiger partial charge < -0.3 is 21.8 Å². The molecule has 33 heavy (non-hydrogen) atoms. The van der Waals surface area contributed by atoms with E-state index >= 15 is 0 Å². The van der Waals surface area contributed by atoms with Gasteiger partial charge in [0.05, 0.1) is 17.6 Å². The molecule has 0 aliphatic heterocycles. The van der Waals surface area contributed by atoms with Crippen molar-refractivity contribution in [2.45, 2.75) is 6.92 Å².